The first-order valence-corrected chi connectivity index (χ1v) is 7.13. The first-order chi connectivity index (χ1) is 8.99. The molecule has 0 aliphatic carbocycles. The third kappa shape index (κ3) is 3.21. The molecule has 1 saturated heterocycles. The zero-order valence-electron chi connectivity index (χ0n) is 11.8. The quantitative estimate of drug-likeness (QED) is 0.778. The van der Waals surface area contributed by atoms with Crippen molar-refractivity contribution in [1.82, 2.24) is 4.90 Å². The first-order valence-electron chi connectivity index (χ1n) is 6.69. The summed E-state index contributed by atoms with van der Waals surface area (Å²) in [6.45, 7) is 3.61. The normalized spacial score (nSPS) is 23.3. The number of alkyl halides is 1. The number of nitrogens with zero attached hydrogens (tertiary/aromatic N) is 2. The summed E-state index contributed by atoms with van der Waals surface area (Å²) in [4.78, 5) is 16.3. The van der Waals surface area contributed by atoms with Gasteiger partial charge in [-0.25, -0.2) is 0 Å². The molecule has 1 heterocycles. The molecule has 19 heavy (non-hydrogen) atoms. The van der Waals surface area contributed by atoms with E-state index in [-0.39, 0.29) is 11.3 Å². The zero-order chi connectivity index (χ0) is 14.0. The molecule has 0 spiro atoms. The van der Waals surface area contributed by atoms with Crippen LogP contribution in [0.3, 0.4) is 0 Å². The lowest BCUT2D eigenvalue weighted by Gasteiger charge is -2.34. The zero-order valence-corrected chi connectivity index (χ0v) is 12.5. The average Bonchev–Trinajstić information content (AvgIpc) is 2.41. The highest BCUT2D eigenvalue weighted by atomic mass is 35.5. The molecular formula is C15H21ClN2O. The summed E-state index contributed by atoms with van der Waals surface area (Å²) in [6.07, 6.45) is 0.879. The molecule has 1 amide bonds. The summed E-state index contributed by atoms with van der Waals surface area (Å²) in [5.74, 6) is 0.473. The van der Waals surface area contributed by atoms with Crippen LogP contribution in [0.5, 0.6) is 0 Å². The smallest absolute Gasteiger partial charge is 0.253 e. The summed E-state index contributed by atoms with van der Waals surface area (Å²) in [5.41, 5.74) is 1.86. The van der Waals surface area contributed by atoms with Gasteiger partial charge < -0.3 is 9.80 Å². The monoisotopic (exact) mass is 280 g/mol. The maximum Gasteiger partial charge on any atom is 0.253 e. The van der Waals surface area contributed by atoms with Crippen LogP contribution >= 0.6 is 11.6 Å². The third-order valence-electron chi connectivity index (χ3n) is 3.72. The van der Waals surface area contributed by atoms with Crippen LogP contribution in [0.15, 0.2) is 24.3 Å². The van der Waals surface area contributed by atoms with Crippen molar-refractivity contribution in [3.05, 3.63) is 29.8 Å². The predicted octanol–water partition coefficient (Wildman–Crippen LogP) is 2.84. The molecule has 2 rings (SSSR count). The second-order valence-electron chi connectivity index (χ2n) is 5.47. The second-order valence-corrected chi connectivity index (χ2v) is 6.04. The van der Waals surface area contributed by atoms with Gasteiger partial charge in [-0.05, 0) is 36.6 Å². The van der Waals surface area contributed by atoms with E-state index in [2.05, 4.69) is 6.92 Å². The van der Waals surface area contributed by atoms with Crippen LogP contribution in [0.1, 0.15) is 23.7 Å². The van der Waals surface area contributed by atoms with Gasteiger partial charge in [-0.2, -0.15) is 0 Å². The van der Waals surface area contributed by atoms with Gasteiger partial charge >= 0.3 is 0 Å². The topological polar surface area (TPSA) is 23.6 Å². The van der Waals surface area contributed by atoms with E-state index in [9.17, 15) is 4.79 Å². The molecule has 0 saturated carbocycles. The van der Waals surface area contributed by atoms with Gasteiger partial charge in [0.05, 0.1) is 0 Å². The van der Waals surface area contributed by atoms with Crippen LogP contribution in [-0.2, 0) is 0 Å². The largest absolute Gasteiger partial charge is 0.378 e. The molecule has 2 atom stereocenters. The van der Waals surface area contributed by atoms with Crippen molar-refractivity contribution in [1.29, 1.82) is 0 Å². The van der Waals surface area contributed by atoms with E-state index >= 15 is 0 Å². The van der Waals surface area contributed by atoms with Gasteiger partial charge in [-0.3, -0.25) is 4.79 Å². The van der Waals surface area contributed by atoms with Crippen LogP contribution in [0.4, 0.5) is 5.69 Å². The highest BCUT2D eigenvalue weighted by Crippen LogP contribution is 2.23. The molecule has 2 unspecified atom stereocenters. The number of piperidine rings is 1. The Morgan fingerprint density at radius 3 is 2.47 bits per heavy atom. The number of halogens is 1. The Hall–Kier alpha value is -1.22. The predicted molar refractivity (Wildman–Crippen MR) is 80.1 cm³/mol. The van der Waals surface area contributed by atoms with E-state index in [0.29, 0.717) is 5.92 Å². The molecule has 1 aromatic carbocycles. The number of carbonyl (C=O) groups excluding carboxylic acids is 1. The van der Waals surface area contributed by atoms with Crippen LogP contribution in [0, 0.1) is 5.92 Å². The summed E-state index contributed by atoms with van der Waals surface area (Å²) >= 11 is 6.20. The van der Waals surface area contributed by atoms with Gasteiger partial charge in [-0.1, -0.05) is 6.92 Å². The van der Waals surface area contributed by atoms with Crippen molar-refractivity contribution in [3.8, 4) is 0 Å². The van der Waals surface area contributed by atoms with Crippen molar-refractivity contribution in [2.75, 3.05) is 32.1 Å². The molecular weight excluding hydrogens is 260 g/mol. The number of rotatable bonds is 2. The lowest BCUT2D eigenvalue weighted by molar-refractivity contribution is 0.0687. The molecule has 4 heteroatoms. The van der Waals surface area contributed by atoms with Crippen molar-refractivity contribution in [2.24, 2.45) is 5.92 Å². The van der Waals surface area contributed by atoms with E-state index in [0.717, 1.165) is 30.8 Å². The van der Waals surface area contributed by atoms with Crippen molar-refractivity contribution in [3.63, 3.8) is 0 Å². The summed E-state index contributed by atoms with van der Waals surface area (Å²) in [5, 5.41) is 0.195. The number of hydrogen-bond acceptors (Lipinski definition) is 2. The maximum atomic E-state index is 12.4. The molecule has 0 radical (unpaired) electrons. The number of hydrogen-bond donors (Lipinski definition) is 0. The minimum atomic E-state index is 0.112. The molecule has 104 valence electrons. The van der Waals surface area contributed by atoms with Gasteiger partial charge in [0.15, 0.2) is 0 Å². The Morgan fingerprint density at radius 2 is 1.95 bits per heavy atom. The Kier molecular flexibility index (Phi) is 4.35. The van der Waals surface area contributed by atoms with Crippen molar-refractivity contribution < 1.29 is 4.79 Å². The minimum Gasteiger partial charge on any atom is -0.378 e. The van der Waals surface area contributed by atoms with Gasteiger partial charge in [0.2, 0.25) is 0 Å². The van der Waals surface area contributed by atoms with E-state index in [1.54, 1.807) is 0 Å². The Balaban J connectivity index is 2.07. The van der Waals surface area contributed by atoms with Gasteiger partial charge in [0.1, 0.15) is 0 Å². The Bertz CT molecular complexity index is 444. The van der Waals surface area contributed by atoms with E-state index < -0.39 is 0 Å². The SMILES string of the molecule is CC1CN(C(=O)c2ccc(N(C)C)cc2)CCC1Cl. The van der Waals surface area contributed by atoms with E-state index in [4.69, 9.17) is 11.6 Å². The van der Waals surface area contributed by atoms with E-state index in [1.165, 1.54) is 0 Å². The average molecular weight is 281 g/mol. The highest BCUT2D eigenvalue weighted by Gasteiger charge is 2.27. The highest BCUT2D eigenvalue weighted by molar-refractivity contribution is 6.20. The molecule has 0 bridgehead atoms. The fourth-order valence-corrected chi connectivity index (χ4v) is 2.56. The number of likely N-dealkylation sites (tertiary alicyclic amines) is 1. The second kappa shape index (κ2) is 5.83. The number of benzene rings is 1. The molecule has 1 fully saturated rings. The van der Waals surface area contributed by atoms with Gasteiger partial charge in [0.25, 0.3) is 5.91 Å². The Labute approximate surface area is 120 Å². The molecule has 0 N–H and O–H groups in total. The fourth-order valence-electron chi connectivity index (χ4n) is 2.39. The summed E-state index contributed by atoms with van der Waals surface area (Å²) in [7, 11) is 3.98. The van der Waals surface area contributed by atoms with Gasteiger partial charge in [0, 0.05) is 43.8 Å². The summed E-state index contributed by atoms with van der Waals surface area (Å²) < 4.78 is 0. The molecule has 1 aliphatic heterocycles. The lowest BCUT2D eigenvalue weighted by atomic mass is 9.99. The molecule has 1 aliphatic rings. The van der Waals surface area contributed by atoms with Crippen LogP contribution in [0.25, 0.3) is 0 Å². The number of amides is 1. The first kappa shape index (κ1) is 14.2. The fraction of sp³-hybridized carbons (Fsp3) is 0.533. The van der Waals surface area contributed by atoms with Crippen LogP contribution in [-0.4, -0.2) is 43.4 Å². The number of anilines is 1. The lowest BCUT2D eigenvalue weighted by Crippen LogP contribution is -2.43. The standard InChI is InChI=1S/C15H21ClN2O/c1-11-10-18(9-8-14(11)16)15(19)12-4-6-13(7-5-12)17(2)3/h4-7,11,14H,8-10H2,1-3H3. The minimum absolute atomic E-state index is 0.112. The maximum absolute atomic E-state index is 12.4. The Morgan fingerprint density at radius 1 is 1.32 bits per heavy atom. The van der Waals surface area contributed by atoms with Crippen LogP contribution < -0.4 is 4.90 Å². The molecule has 1 aromatic rings. The van der Waals surface area contributed by atoms with Gasteiger partial charge in [-0.15, -0.1) is 11.6 Å². The molecule has 3 nitrogen and oxygen atoms in total. The van der Waals surface area contributed by atoms with Crippen LogP contribution in [0.2, 0.25) is 0 Å². The van der Waals surface area contributed by atoms with Crippen molar-refractivity contribution >= 4 is 23.2 Å². The molecule has 0 aromatic heterocycles. The number of carbonyl (C=O) groups is 1. The van der Waals surface area contributed by atoms with Crippen molar-refractivity contribution in [2.45, 2.75) is 18.7 Å². The third-order valence-corrected chi connectivity index (χ3v) is 4.37. The summed E-state index contributed by atoms with van der Waals surface area (Å²) in [6, 6.07) is 7.75. The van der Waals surface area contributed by atoms with E-state index in [1.807, 2.05) is 48.2 Å².